The van der Waals surface area contributed by atoms with Crippen LogP contribution < -0.4 is 4.74 Å². The number of fused-ring (bicyclic) bond motifs is 1. The summed E-state index contributed by atoms with van der Waals surface area (Å²) in [7, 11) is 1.27. The Labute approximate surface area is 166 Å². The van der Waals surface area contributed by atoms with E-state index in [1.807, 2.05) is 12.1 Å². The minimum atomic E-state index is -2.25. The van der Waals surface area contributed by atoms with Crippen molar-refractivity contribution >= 4 is 11.0 Å². The quantitative estimate of drug-likeness (QED) is 0.581. The molecule has 1 N–H and O–H groups in total. The topological polar surface area (TPSA) is 55.5 Å². The summed E-state index contributed by atoms with van der Waals surface area (Å²) in [5, 5.41) is 10.6. The maximum Gasteiger partial charge on any atom is 0.152 e. The number of nitrogens with zero attached hydrogens (tertiary/aromatic N) is 1. The van der Waals surface area contributed by atoms with Gasteiger partial charge in [-0.3, -0.25) is 9.37 Å². The fourth-order valence-corrected chi connectivity index (χ4v) is 2.84. The number of methoxy groups -OCH3 is 1. The van der Waals surface area contributed by atoms with Crippen LogP contribution in [-0.4, -0.2) is 42.3 Å². The summed E-state index contributed by atoms with van der Waals surface area (Å²) in [5.41, 5.74) is -1.15. The maximum atomic E-state index is 14.3. The summed E-state index contributed by atoms with van der Waals surface area (Å²) in [6, 6.07) is 7.08. The van der Waals surface area contributed by atoms with Gasteiger partial charge in [-0.25, -0.2) is 13.2 Å². The van der Waals surface area contributed by atoms with Gasteiger partial charge in [-0.1, -0.05) is 0 Å². The Kier molecular flexibility index (Phi) is 7.61. The summed E-state index contributed by atoms with van der Waals surface area (Å²) in [4.78, 5) is 3.89. The predicted octanol–water partition coefficient (Wildman–Crippen LogP) is 4.95. The lowest BCUT2D eigenvalue weighted by Crippen LogP contribution is -2.46. The van der Waals surface area contributed by atoms with E-state index in [1.165, 1.54) is 13.2 Å². The van der Waals surface area contributed by atoms with Gasteiger partial charge in [-0.15, -0.1) is 0 Å². The number of hydrogen-bond donors (Lipinski definition) is 1. The number of aromatic nitrogens is 1. The fourth-order valence-electron chi connectivity index (χ4n) is 2.84. The van der Waals surface area contributed by atoms with E-state index in [9.17, 15) is 22.7 Å². The molecule has 0 aliphatic carbocycles. The van der Waals surface area contributed by atoms with E-state index in [-0.39, 0.29) is 11.3 Å². The van der Waals surface area contributed by atoms with Crippen molar-refractivity contribution in [1.29, 1.82) is 0 Å². The number of furan rings is 1. The van der Waals surface area contributed by atoms with Crippen LogP contribution in [-0.2, 0) is 5.41 Å². The third-order valence-corrected chi connectivity index (χ3v) is 4.69. The Morgan fingerprint density at radius 3 is 2.55 bits per heavy atom. The van der Waals surface area contributed by atoms with Crippen molar-refractivity contribution in [2.75, 3.05) is 13.8 Å². The Balaban J connectivity index is 0.000000272. The lowest BCUT2D eigenvalue weighted by Gasteiger charge is -2.34. The molecule has 0 radical (unpaired) electrons. The summed E-state index contributed by atoms with van der Waals surface area (Å²) in [5.74, 6) is -0.622. The average molecular weight is 413 g/mol. The number of pyridine rings is 1. The van der Waals surface area contributed by atoms with Crippen LogP contribution in [0.5, 0.6) is 5.75 Å². The number of halogens is 4. The molecular formula is C21H23F4NO3. The molecule has 0 saturated heterocycles. The average Bonchev–Trinajstić information content (AvgIpc) is 3.21. The molecule has 29 heavy (non-hydrogen) atoms. The third kappa shape index (κ3) is 5.06. The zero-order valence-corrected chi connectivity index (χ0v) is 16.3. The fraction of sp³-hybridized carbons (Fsp3) is 0.381. The van der Waals surface area contributed by atoms with Crippen molar-refractivity contribution in [2.24, 2.45) is 0 Å². The number of alkyl halides is 3. The first kappa shape index (κ1) is 22.7. The van der Waals surface area contributed by atoms with Crippen LogP contribution in [0.4, 0.5) is 17.6 Å². The molecule has 1 aromatic carbocycles. The molecule has 0 aliphatic rings. The van der Waals surface area contributed by atoms with E-state index >= 15 is 0 Å². The zero-order valence-electron chi connectivity index (χ0n) is 16.3. The van der Waals surface area contributed by atoms with Crippen molar-refractivity contribution in [3.05, 3.63) is 60.4 Å². The Morgan fingerprint density at radius 2 is 1.97 bits per heavy atom. The molecule has 3 aromatic rings. The van der Waals surface area contributed by atoms with Gasteiger partial charge in [0.15, 0.2) is 5.58 Å². The number of hydrogen-bond acceptors (Lipinski definition) is 4. The molecule has 0 spiro atoms. The molecule has 4 unspecified atom stereocenters. The lowest BCUT2D eigenvalue weighted by atomic mass is 9.76. The molecule has 2 aromatic heterocycles. The van der Waals surface area contributed by atoms with Gasteiger partial charge in [0.1, 0.15) is 36.7 Å². The molecule has 4 atom stereocenters. The third-order valence-electron chi connectivity index (χ3n) is 4.69. The van der Waals surface area contributed by atoms with Crippen LogP contribution in [0.3, 0.4) is 0 Å². The van der Waals surface area contributed by atoms with E-state index in [1.54, 1.807) is 18.7 Å². The summed E-state index contributed by atoms with van der Waals surface area (Å²) < 4.78 is 64.1. The minimum absolute atomic E-state index is 0.0768. The molecule has 4 nitrogen and oxygen atoms in total. The molecule has 0 amide bonds. The molecule has 8 heteroatoms. The predicted molar refractivity (Wildman–Crippen MR) is 102 cm³/mol. The van der Waals surface area contributed by atoms with Crippen molar-refractivity contribution in [3.63, 3.8) is 0 Å². The Bertz CT molecular complexity index is 888. The highest BCUT2D eigenvalue weighted by molar-refractivity contribution is 5.75. The Hall–Kier alpha value is -2.61. The summed E-state index contributed by atoms with van der Waals surface area (Å²) in [6.07, 6.45) is -1.03. The first-order valence-corrected chi connectivity index (χ1v) is 8.88. The van der Waals surface area contributed by atoms with Gasteiger partial charge in [0.25, 0.3) is 0 Å². The monoisotopic (exact) mass is 413 g/mol. The normalized spacial score (nSPS) is 16.3. The van der Waals surface area contributed by atoms with Gasteiger partial charge < -0.3 is 14.3 Å². The minimum Gasteiger partial charge on any atom is -0.496 e. The van der Waals surface area contributed by atoms with Crippen molar-refractivity contribution in [2.45, 2.75) is 37.7 Å². The molecule has 158 valence electrons. The number of aliphatic hydroxyl groups excluding tert-OH is 1. The van der Waals surface area contributed by atoms with Crippen LogP contribution in [0.15, 0.2) is 53.4 Å². The number of benzene rings is 1. The van der Waals surface area contributed by atoms with Crippen LogP contribution in [0.25, 0.3) is 11.0 Å². The number of ether oxygens (including phenoxy) is 1. The highest BCUT2D eigenvalue weighted by Crippen LogP contribution is 2.39. The van der Waals surface area contributed by atoms with E-state index in [2.05, 4.69) is 4.98 Å². The van der Waals surface area contributed by atoms with Gasteiger partial charge in [-0.2, -0.15) is 0 Å². The highest BCUT2D eigenvalue weighted by atomic mass is 19.2. The molecule has 2 heterocycles. The van der Waals surface area contributed by atoms with Gasteiger partial charge in [0, 0.05) is 17.1 Å². The van der Waals surface area contributed by atoms with Gasteiger partial charge >= 0.3 is 0 Å². The van der Waals surface area contributed by atoms with Crippen molar-refractivity contribution in [3.8, 4) is 5.75 Å². The van der Waals surface area contributed by atoms with Crippen LogP contribution in [0, 0.1) is 5.82 Å². The summed E-state index contributed by atoms with van der Waals surface area (Å²) >= 11 is 0. The highest BCUT2D eigenvalue weighted by Gasteiger charge is 2.44. The Morgan fingerprint density at radius 1 is 1.24 bits per heavy atom. The first-order chi connectivity index (χ1) is 13.7. The second-order valence-corrected chi connectivity index (χ2v) is 6.80. The largest absolute Gasteiger partial charge is 0.496 e. The standard InChI is InChI=1S/C14H18F4O2.C7H5NO/c1-8(16)12(19)13(18)14(2,7-15)10-6-9(17)4-5-11(10)20-3;1-3-8-5-7-6(1)2-4-9-7/h4-6,8,12-13,19H,7H2,1-3H3;1-5H. The molecule has 0 bridgehead atoms. The van der Waals surface area contributed by atoms with Crippen LogP contribution in [0.1, 0.15) is 19.4 Å². The van der Waals surface area contributed by atoms with Gasteiger partial charge in [-0.05, 0) is 44.2 Å². The van der Waals surface area contributed by atoms with E-state index < -0.39 is 36.4 Å². The second-order valence-electron chi connectivity index (χ2n) is 6.80. The van der Waals surface area contributed by atoms with E-state index in [4.69, 9.17) is 9.15 Å². The van der Waals surface area contributed by atoms with Crippen molar-refractivity contribution in [1.82, 2.24) is 4.98 Å². The second kappa shape index (κ2) is 9.73. The number of rotatable bonds is 6. The SMILES string of the molecule is COc1ccc(F)cc1C(C)(CF)C(F)C(O)C(C)F.c1cc2ccoc2cn1. The zero-order chi connectivity index (χ0) is 21.6. The molecule has 0 saturated carbocycles. The first-order valence-electron chi connectivity index (χ1n) is 8.88. The molecule has 0 fully saturated rings. The van der Waals surface area contributed by atoms with E-state index in [0.717, 1.165) is 36.9 Å². The van der Waals surface area contributed by atoms with Crippen molar-refractivity contribution < 1.29 is 31.8 Å². The number of aliphatic hydroxyl groups is 1. The van der Waals surface area contributed by atoms with Crippen LogP contribution >= 0.6 is 0 Å². The summed E-state index contributed by atoms with van der Waals surface area (Å²) in [6.45, 7) is 0.886. The molecule has 0 aliphatic heterocycles. The lowest BCUT2D eigenvalue weighted by molar-refractivity contribution is -0.0208. The van der Waals surface area contributed by atoms with Gasteiger partial charge in [0.05, 0.1) is 25.0 Å². The van der Waals surface area contributed by atoms with Gasteiger partial charge in [0.2, 0.25) is 0 Å². The molecule has 3 rings (SSSR count). The van der Waals surface area contributed by atoms with Crippen LogP contribution in [0.2, 0.25) is 0 Å². The van der Waals surface area contributed by atoms with E-state index in [0.29, 0.717) is 0 Å². The maximum absolute atomic E-state index is 14.3. The smallest absolute Gasteiger partial charge is 0.152 e. The molecular weight excluding hydrogens is 390 g/mol.